The average Bonchev–Trinajstić information content (AvgIpc) is 2.34. The van der Waals surface area contributed by atoms with Gasteiger partial charge in [0, 0.05) is 19.3 Å². The van der Waals surface area contributed by atoms with Crippen LogP contribution in [0.1, 0.15) is 26.7 Å². The monoisotopic (exact) mass is 306 g/mol. The van der Waals surface area contributed by atoms with E-state index in [0.29, 0.717) is 13.2 Å². The molecule has 0 aromatic carbocycles. The Labute approximate surface area is 119 Å². The Kier molecular flexibility index (Phi) is 6.71. The van der Waals surface area contributed by atoms with E-state index < -0.39 is 10.0 Å². The summed E-state index contributed by atoms with van der Waals surface area (Å²) in [5, 5.41) is 0.268. The zero-order valence-corrected chi connectivity index (χ0v) is 12.7. The van der Waals surface area contributed by atoms with Crippen LogP contribution in [0.5, 0.6) is 0 Å². The summed E-state index contributed by atoms with van der Waals surface area (Å²) in [6.07, 6.45) is 3.00. The molecule has 0 saturated heterocycles. The normalized spacial score (nSPS) is 12.0. The third-order valence-electron chi connectivity index (χ3n) is 2.32. The molecule has 0 aliphatic rings. The highest BCUT2D eigenvalue weighted by Gasteiger charge is 2.13. The Hall–Kier alpha value is -0.690. The lowest BCUT2D eigenvalue weighted by Crippen LogP contribution is -2.25. The molecule has 19 heavy (non-hydrogen) atoms. The van der Waals surface area contributed by atoms with E-state index >= 15 is 0 Å². The predicted molar refractivity (Wildman–Crippen MR) is 74.8 cm³/mol. The largest absolute Gasteiger partial charge is 0.379 e. The summed E-state index contributed by atoms with van der Waals surface area (Å²) in [4.78, 5) is 3.87. The van der Waals surface area contributed by atoms with E-state index in [9.17, 15) is 8.42 Å². The smallest absolute Gasteiger partial charge is 0.242 e. The molecule has 0 fully saturated rings. The minimum Gasteiger partial charge on any atom is -0.379 e. The van der Waals surface area contributed by atoms with Crippen LogP contribution in [0.15, 0.2) is 23.2 Å². The molecule has 1 N–H and O–H groups in total. The van der Waals surface area contributed by atoms with E-state index in [-0.39, 0.29) is 16.2 Å². The molecule has 0 spiro atoms. The van der Waals surface area contributed by atoms with Crippen LogP contribution in [0, 0.1) is 0 Å². The zero-order valence-electron chi connectivity index (χ0n) is 11.1. The molecule has 0 atom stereocenters. The van der Waals surface area contributed by atoms with E-state index in [0.717, 1.165) is 12.8 Å². The Morgan fingerprint density at radius 1 is 1.37 bits per heavy atom. The molecule has 7 heteroatoms. The maximum Gasteiger partial charge on any atom is 0.242 e. The average molecular weight is 307 g/mol. The van der Waals surface area contributed by atoms with Crippen LogP contribution in [-0.2, 0) is 14.8 Å². The number of ether oxygens (including phenoxy) is 1. The van der Waals surface area contributed by atoms with Crippen molar-refractivity contribution in [2.75, 3.05) is 13.2 Å². The molecule has 108 valence electrons. The standard InChI is InChI=1S/C12H19ClN2O3S/c1-10(2)18-8-4-3-7-15-19(16,17)11-5-6-12(13)14-9-11/h5-6,9-10,15H,3-4,7-8H2,1-2H3. The topological polar surface area (TPSA) is 68.3 Å². The first kappa shape index (κ1) is 16.4. The Morgan fingerprint density at radius 2 is 2.11 bits per heavy atom. The Morgan fingerprint density at radius 3 is 2.68 bits per heavy atom. The van der Waals surface area contributed by atoms with Crippen LogP contribution in [-0.4, -0.2) is 32.7 Å². The molecule has 5 nitrogen and oxygen atoms in total. The molecular formula is C12H19ClN2O3S. The molecule has 0 amide bonds. The molecule has 0 radical (unpaired) electrons. The van der Waals surface area contributed by atoms with Crippen molar-refractivity contribution in [2.24, 2.45) is 0 Å². The van der Waals surface area contributed by atoms with E-state index in [2.05, 4.69) is 9.71 Å². The number of rotatable bonds is 8. The van der Waals surface area contributed by atoms with Crippen molar-refractivity contribution < 1.29 is 13.2 Å². The van der Waals surface area contributed by atoms with Gasteiger partial charge >= 0.3 is 0 Å². The molecule has 0 saturated carbocycles. The van der Waals surface area contributed by atoms with E-state index in [1.54, 1.807) is 0 Å². The van der Waals surface area contributed by atoms with Crippen molar-refractivity contribution in [3.63, 3.8) is 0 Å². The van der Waals surface area contributed by atoms with E-state index in [1.807, 2.05) is 13.8 Å². The number of aromatic nitrogens is 1. The van der Waals surface area contributed by atoms with Gasteiger partial charge in [0.1, 0.15) is 10.0 Å². The fraction of sp³-hybridized carbons (Fsp3) is 0.583. The first-order valence-electron chi connectivity index (χ1n) is 6.14. The summed E-state index contributed by atoms with van der Waals surface area (Å²) in [6, 6.07) is 2.88. The molecule has 1 aromatic heterocycles. The lowest BCUT2D eigenvalue weighted by Gasteiger charge is -2.08. The fourth-order valence-electron chi connectivity index (χ4n) is 1.36. The van der Waals surface area contributed by atoms with Crippen molar-refractivity contribution in [2.45, 2.75) is 37.7 Å². The first-order valence-corrected chi connectivity index (χ1v) is 8.01. The van der Waals surface area contributed by atoms with Gasteiger partial charge in [-0.2, -0.15) is 0 Å². The van der Waals surface area contributed by atoms with Crippen molar-refractivity contribution >= 4 is 21.6 Å². The second-order valence-corrected chi connectivity index (χ2v) is 6.50. The third-order valence-corrected chi connectivity index (χ3v) is 3.99. The molecule has 0 unspecified atom stereocenters. The number of hydrogen-bond donors (Lipinski definition) is 1. The number of halogens is 1. The van der Waals surface area contributed by atoms with Gasteiger partial charge in [0.15, 0.2) is 0 Å². The number of hydrogen-bond acceptors (Lipinski definition) is 4. The van der Waals surface area contributed by atoms with Crippen LogP contribution in [0.25, 0.3) is 0 Å². The van der Waals surface area contributed by atoms with Gasteiger partial charge in [0.25, 0.3) is 0 Å². The summed E-state index contributed by atoms with van der Waals surface area (Å²) < 4.78 is 31.6. The van der Waals surface area contributed by atoms with Crippen LogP contribution in [0.2, 0.25) is 5.15 Å². The highest BCUT2D eigenvalue weighted by atomic mass is 35.5. The maximum absolute atomic E-state index is 11.9. The second-order valence-electron chi connectivity index (χ2n) is 4.34. The highest BCUT2D eigenvalue weighted by molar-refractivity contribution is 7.89. The van der Waals surface area contributed by atoms with Gasteiger partial charge in [-0.3, -0.25) is 0 Å². The summed E-state index contributed by atoms with van der Waals surface area (Å²) in [5.41, 5.74) is 0. The third kappa shape index (κ3) is 6.33. The quantitative estimate of drug-likeness (QED) is 0.590. The molecule has 0 bridgehead atoms. The molecule has 1 aromatic rings. The van der Waals surface area contributed by atoms with Crippen LogP contribution >= 0.6 is 11.6 Å². The summed E-state index contributed by atoms with van der Waals surface area (Å²) >= 11 is 5.61. The zero-order chi connectivity index (χ0) is 14.3. The maximum atomic E-state index is 11.9. The summed E-state index contributed by atoms with van der Waals surface area (Å²) in [6.45, 7) is 4.96. The Balaban J connectivity index is 2.33. The van der Waals surface area contributed by atoms with Gasteiger partial charge in [-0.05, 0) is 38.8 Å². The molecule has 0 aliphatic heterocycles. The number of nitrogens with one attached hydrogen (secondary N) is 1. The minimum absolute atomic E-state index is 0.121. The van der Waals surface area contributed by atoms with Gasteiger partial charge in [-0.25, -0.2) is 18.1 Å². The van der Waals surface area contributed by atoms with Crippen molar-refractivity contribution in [1.82, 2.24) is 9.71 Å². The summed E-state index contributed by atoms with van der Waals surface area (Å²) in [5.74, 6) is 0. The molecule has 1 rings (SSSR count). The summed E-state index contributed by atoms with van der Waals surface area (Å²) in [7, 11) is -3.49. The fourth-order valence-corrected chi connectivity index (χ4v) is 2.49. The van der Waals surface area contributed by atoms with E-state index in [1.165, 1.54) is 18.3 Å². The van der Waals surface area contributed by atoms with Gasteiger partial charge in [-0.15, -0.1) is 0 Å². The minimum atomic E-state index is -3.49. The van der Waals surface area contributed by atoms with Crippen LogP contribution < -0.4 is 4.72 Å². The highest BCUT2D eigenvalue weighted by Crippen LogP contribution is 2.10. The lowest BCUT2D eigenvalue weighted by molar-refractivity contribution is 0.0762. The molecule has 0 aliphatic carbocycles. The van der Waals surface area contributed by atoms with Gasteiger partial charge < -0.3 is 4.74 Å². The number of sulfonamides is 1. The van der Waals surface area contributed by atoms with Crippen molar-refractivity contribution in [3.05, 3.63) is 23.5 Å². The van der Waals surface area contributed by atoms with Gasteiger partial charge in [-0.1, -0.05) is 11.6 Å². The van der Waals surface area contributed by atoms with Gasteiger partial charge in [0.05, 0.1) is 6.10 Å². The number of pyridine rings is 1. The van der Waals surface area contributed by atoms with Crippen LogP contribution in [0.4, 0.5) is 0 Å². The molecular weight excluding hydrogens is 288 g/mol. The molecule has 1 heterocycles. The van der Waals surface area contributed by atoms with E-state index in [4.69, 9.17) is 16.3 Å². The van der Waals surface area contributed by atoms with Crippen molar-refractivity contribution in [3.8, 4) is 0 Å². The number of nitrogens with zero attached hydrogens (tertiary/aromatic N) is 1. The lowest BCUT2D eigenvalue weighted by atomic mass is 10.3. The number of unbranched alkanes of at least 4 members (excludes halogenated alkanes) is 1. The first-order chi connectivity index (χ1) is 8.92. The SMILES string of the molecule is CC(C)OCCCCNS(=O)(=O)c1ccc(Cl)nc1. The van der Waals surface area contributed by atoms with Crippen molar-refractivity contribution in [1.29, 1.82) is 0 Å². The van der Waals surface area contributed by atoms with Crippen LogP contribution in [0.3, 0.4) is 0 Å². The van der Waals surface area contributed by atoms with Gasteiger partial charge in [0.2, 0.25) is 10.0 Å². The Bertz CT molecular complexity index is 474. The second kappa shape index (κ2) is 7.79. The predicted octanol–water partition coefficient (Wildman–Crippen LogP) is 2.22.